The van der Waals surface area contributed by atoms with Crippen LogP contribution in [-0.4, -0.2) is 22.0 Å². The molecule has 2 N–H and O–H groups in total. The average Bonchev–Trinajstić information content (AvgIpc) is 2.53. The number of rotatable bonds is 4. The molecule has 0 fully saturated rings. The molecule has 0 saturated carbocycles. The van der Waals surface area contributed by atoms with Gasteiger partial charge in [-0.15, -0.1) is 0 Å². The predicted octanol–water partition coefficient (Wildman–Crippen LogP) is 1.58. The van der Waals surface area contributed by atoms with Crippen molar-refractivity contribution in [2.75, 3.05) is 0 Å². The van der Waals surface area contributed by atoms with Gasteiger partial charge in [-0.2, -0.15) is 5.26 Å². The van der Waals surface area contributed by atoms with Crippen LogP contribution in [0.25, 0.3) is 0 Å². The number of carbonyl (C=O) groups is 2. The average molecular weight is 281 g/mol. The first-order valence-corrected chi connectivity index (χ1v) is 6.07. The standard InChI is InChI=1S/C15H11N3O3/c16-8-10-1-3-11(4-2-10)9-18-14(19)12-5-6-17-13(7-12)15(20)21/h1-7H,9H2,(H,18,19)(H,20,21). The third-order valence-corrected chi connectivity index (χ3v) is 2.78. The number of nitriles is 1. The number of amides is 1. The quantitative estimate of drug-likeness (QED) is 0.885. The summed E-state index contributed by atoms with van der Waals surface area (Å²) in [5.74, 6) is -1.57. The summed E-state index contributed by atoms with van der Waals surface area (Å²) in [6.45, 7) is 0.287. The van der Waals surface area contributed by atoms with Crippen molar-refractivity contribution in [2.24, 2.45) is 0 Å². The summed E-state index contributed by atoms with van der Waals surface area (Å²) in [5.41, 5.74) is 1.44. The number of benzene rings is 1. The Kier molecular flexibility index (Phi) is 4.26. The first-order valence-electron chi connectivity index (χ1n) is 6.07. The number of pyridine rings is 1. The maximum absolute atomic E-state index is 11.9. The molecule has 0 bridgehead atoms. The molecule has 1 aromatic carbocycles. The molecule has 0 saturated heterocycles. The number of carbonyl (C=O) groups excluding carboxylic acids is 1. The van der Waals surface area contributed by atoms with Gasteiger partial charge in [-0.05, 0) is 29.8 Å². The molecule has 104 valence electrons. The minimum Gasteiger partial charge on any atom is -0.477 e. The Morgan fingerprint density at radius 2 is 1.95 bits per heavy atom. The van der Waals surface area contributed by atoms with Crippen molar-refractivity contribution in [1.82, 2.24) is 10.3 Å². The lowest BCUT2D eigenvalue weighted by Gasteiger charge is -2.06. The molecule has 0 aliphatic carbocycles. The van der Waals surface area contributed by atoms with E-state index in [2.05, 4.69) is 10.3 Å². The third-order valence-electron chi connectivity index (χ3n) is 2.78. The van der Waals surface area contributed by atoms with Crippen LogP contribution < -0.4 is 5.32 Å². The molecule has 0 atom stereocenters. The van der Waals surface area contributed by atoms with Crippen LogP contribution in [0, 0.1) is 11.3 Å². The second-order valence-electron chi connectivity index (χ2n) is 4.23. The number of aromatic carboxylic acids is 1. The predicted molar refractivity (Wildman–Crippen MR) is 73.5 cm³/mol. The Morgan fingerprint density at radius 3 is 2.57 bits per heavy atom. The van der Waals surface area contributed by atoms with Crippen molar-refractivity contribution in [2.45, 2.75) is 6.54 Å². The van der Waals surface area contributed by atoms with Crippen LogP contribution in [-0.2, 0) is 6.54 Å². The maximum atomic E-state index is 11.9. The summed E-state index contributed by atoms with van der Waals surface area (Å²) in [6, 6.07) is 11.5. The van der Waals surface area contributed by atoms with E-state index in [4.69, 9.17) is 10.4 Å². The van der Waals surface area contributed by atoms with Gasteiger partial charge in [0.1, 0.15) is 5.69 Å². The Balaban J connectivity index is 2.02. The zero-order valence-corrected chi connectivity index (χ0v) is 10.9. The van der Waals surface area contributed by atoms with Gasteiger partial charge in [0.2, 0.25) is 0 Å². The molecule has 0 spiro atoms. The highest BCUT2D eigenvalue weighted by Crippen LogP contribution is 2.05. The summed E-state index contributed by atoms with van der Waals surface area (Å²) in [6.07, 6.45) is 1.28. The highest BCUT2D eigenvalue weighted by atomic mass is 16.4. The second-order valence-corrected chi connectivity index (χ2v) is 4.23. The van der Waals surface area contributed by atoms with Crippen molar-refractivity contribution < 1.29 is 14.7 Å². The Morgan fingerprint density at radius 1 is 1.24 bits per heavy atom. The van der Waals surface area contributed by atoms with Gasteiger partial charge < -0.3 is 10.4 Å². The molecule has 0 radical (unpaired) electrons. The van der Waals surface area contributed by atoms with Crippen molar-refractivity contribution in [3.63, 3.8) is 0 Å². The highest BCUT2D eigenvalue weighted by molar-refractivity contribution is 5.96. The summed E-state index contributed by atoms with van der Waals surface area (Å²) in [5, 5.41) is 20.2. The molecular formula is C15H11N3O3. The first kappa shape index (κ1) is 14.2. The van der Waals surface area contributed by atoms with E-state index >= 15 is 0 Å². The third kappa shape index (κ3) is 3.64. The first-order chi connectivity index (χ1) is 10.1. The van der Waals surface area contributed by atoms with Crippen LogP contribution in [0.5, 0.6) is 0 Å². The number of aromatic nitrogens is 1. The number of carboxylic acids is 1. The van der Waals surface area contributed by atoms with Gasteiger partial charge in [-0.25, -0.2) is 9.78 Å². The zero-order chi connectivity index (χ0) is 15.2. The molecule has 0 aliphatic rings. The fourth-order valence-corrected chi connectivity index (χ4v) is 1.67. The van der Waals surface area contributed by atoms with Crippen molar-refractivity contribution in [3.8, 4) is 6.07 Å². The van der Waals surface area contributed by atoms with Gasteiger partial charge in [0.15, 0.2) is 0 Å². The largest absolute Gasteiger partial charge is 0.477 e. The van der Waals surface area contributed by atoms with Gasteiger partial charge in [0, 0.05) is 18.3 Å². The van der Waals surface area contributed by atoms with E-state index in [-0.39, 0.29) is 23.7 Å². The monoisotopic (exact) mass is 281 g/mol. The van der Waals surface area contributed by atoms with E-state index in [1.165, 1.54) is 18.3 Å². The number of nitrogens with zero attached hydrogens (tertiary/aromatic N) is 2. The Labute approximate surface area is 120 Å². The highest BCUT2D eigenvalue weighted by Gasteiger charge is 2.10. The summed E-state index contributed by atoms with van der Waals surface area (Å²) in [4.78, 5) is 26.4. The lowest BCUT2D eigenvalue weighted by atomic mass is 10.1. The smallest absolute Gasteiger partial charge is 0.354 e. The molecule has 6 heteroatoms. The molecule has 0 aliphatic heterocycles. The molecule has 1 aromatic heterocycles. The van der Waals surface area contributed by atoms with Crippen molar-refractivity contribution in [1.29, 1.82) is 5.26 Å². The number of hydrogen-bond donors (Lipinski definition) is 2. The van der Waals surface area contributed by atoms with E-state index in [0.29, 0.717) is 5.56 Å². The molecular weight excluding hydrogens is 270 g/mol. The molecule has 1 heterocycles. The van der Waals surface area contributed by atoms with E-state index in [1.54, 1.807) is 24.3 Å². The van der Waals surface area contributed by atoms with Crippen molar-refractivity contribution >= 4 is 11.9 Å². The molecule has 21 heavy (non-hydrogen) atoms. The normalized spacial score (nSPS) is 9.67. The molecule has 2 aromatic rings. The number of hydrogen-bond acceptors (Lipinski definition) is 4. The second kappa shape index (κ2) is 6.30. The van der Waals surface area contributed by atoms with E-state index in [9.17, 15) is 9.59 Å². The Bertz CT molecular complexity index is 718. The van der Waals surface area contributed by atoms with Crippen molar-refractivity contribution in [3.05, 3.63) is 65.0 Å². The fraction of sp³-hybridized carbons (Fsp3) is 0.0667. The minimum absolute atomic E-state index is 0.180. The lowest BCUT2D eigenvalue weighted by Crippen LogP contribution is -2.23. The molecule has 0 unspecified atom stereocenters. The van der Waals surface area contributed by atoms with Crippen LogP contribution in [0.15, 0.2) is 42.6 Å². The van der Waals surface area contributed by atoms with Crippen LogP contribution in [0.4, 0.5) is 0 Å². The summed E-state index contributed by atoms with van der Waals surface area (Å²) >= 11 is 0. The van der Waals surface area contributed by atoms with Gasteiger partial charge in [0.25, 0.3) is 5.91 Å². The van der Waals surface area contributed by atoms with E-state index in [0.717, 1.165) is 5.56 Å². The van der Waals surface area contributed by atoms with E-state index in [1.807, 2.05) is 6.07 Å². The SMILES string of the molecule is N#Cc1ccc(CNC(=O)c2ccnc(C(=O)O)c2)cc1. The minimum atomic E-state index is -1.18. The summed E-state index contributed by atoms with van der Waals surface area (Å²) in [7, 11) is 0. The Hall–Kier alpha value is -3.20. The molecule has 2 rings (SSSR count). The van der Waals surface area contributed by atoms with Crippen LogP contribution in [0.2, 0.25) is 0 Å². The molecule has 6 nitrogen and oxygen atoms in total. The van der Waals surface area contributed by atoms with Gasteiger partial charge in [-0.3, -0.25) is 4.79 Å². The fourth-order valence-electron chi connectivity index (χ4n) is 1.67. The van der Waals surface area contributed by atoms with Crippen LogP contribution in [0.3, 0.4) is 0 Å². The van der Waals surface area contributed by atoms with Gasteiger partial charge in [0.05, 0.1) is 11.6 Å². The summed E-state index contributed by atoms with van der Waals surface area (Å²) < 4.78 is 0. The number of nitrogens with one attached hydrogen (secondary N) is 1. The maximum Gasteiger partial charge on any atom is 0.354 e. The number of carboxylic acid groups (broad SMARTS) is 1. The van der Waals surface area contributed by atoms with Crippen LogP contribution in [0.1, 0.15) is 32.0 Å². The topological polar surface area (TPSA) is 103 Å². The van der Waals surface area contributed by atoms with Gasteiger partial charge >= 0.3 is 5.97 Å². The van der Waals surface area contributed by atoms with Gasteiger partial charge in [-0.1, -0.05) is 12.1 Å². The molecule has 1 amide bonds. The van der Waals surface area contributed by atoms with E-state index < -0.39 is 5.97 Å². The lowest BCUT2D eigenvalue weighted by molar-refractivity contribution is 0.0690. The van der Waals surface area contributed by atoms with Crippen LogP contribution >= 0.6 is 0 Å². The zero-order valence-electron chi connectivity index (χ0n) is 10.9.